The molecule has 0 heterocycles. The molecule has 0 fully saturated rings. The van der Waals surface area contributed by atoms with Gasteiger partial charge in [0, 0.05) is 11.3 Å². The number of ketones is 1. The number of Topliss-reactive ketones (excluding diaryl/α,β-unsaturated/α-hetero) is 1. The van der Waals surface area contributed by atoms with Gasteiger partial charge in [-0.3, -0.25) is 4.79 Å². The maximum Gasteiger partial charge on any atom is 0.202 e. The van der Waals surface area contributed by atoms with E-state index in [1.807, 2.05) is 0 Å². The second-order valence-electron chi connectivity index (χ2n) is 6.23. The number of allylic oxidation sites excluding steroid dienone is 2. The fourth-order valence-electron chi connectivity index (χ4n) is 3.15. The lowest BCUT2D eigenvalue weighted by Gasteiger charge is -2.26. The van der Waals surface area contributed by atoms with Crippen molar-refractivity contribution in [2.45, 2.75) is 34.3 Å². The highest BCUT2D eigenvalue weighted by Gasteiger charge is 2.53. The quantitative estimate of drug-likeness (QED) is 0.784. The molecule has 0 N–H and O–H groups in total. The molecule has 0 spiro atoms. The van der Waals surface area contributed by atoms with Crippen molar-refractivity contribution >= 4 is 25.5 Å². The Morgan fingerprint density at radius 2 is 1.35 bits per heavy atom. The zero-order valence-electron chi connectivity index (χ0n) is 14.1. The van der Waals surface area contributed by atoms with Crippen molar-refractivity contribution in [2.24, 2.45) is 0 Å². The molecule has 1 aliphatic carbocycles. The highest BCUT2D eigenvalue weighted by molar-refractivity contribution is 7.96. The van der Waals surface area contributed by atoms with Crippen molar-refractivity contribution in [3.8, 4) is 0 Å². The Labute approximate surface area is 153 Å². The Balaban J connectivity index is 2.05. The van der Waals surface area contributed by atoms with Gasteiger partial charge in [0.1, 0.15) is 4.75 Å². The second kappa shape index (κ2) is 6.48. The molecule has 0 radical (unpaired) electrons. The summed E-state index contributed by atoms with van der Waals surface area (Å²) in [6, 6.07) is 15.5. The van der Waals surface area contributed by atoms with E-state index < -0.39 is 30.2 Å². The van der Waals surface area contributed by atoms with Crippen LogP contribution in [0.3, 0.4) is 0 Å². The number of sulfone groups is 2. The van der Waals surface area contributed by atoms with Crippen LogP contribution in [-0.2, 0) is 24.5 Å². The van der Waals surface area contributed by atoms with Gasteiger partial charge in [-0.25, -0.2) is 16.8 Å². The normalized spacial score (nSPS) is 20.6. The summed E-state index contributed by atoms with van der Waals surface area (Å²) in [5.74, 6) is -0.559. The van der Waals surface area contributed by atoms with E-state index >= 15 is 0 Å². The highest BCUT2D eigenvalue weighted by Crippen LogP contribution is 2.43. The first-order valence-corrected chi connectivity index (χ1v) is 11.0. The molecule has 1 unspecified atom stereocenters. The Kier molecular flexibility index (Phi) is 4.62. The molecule has 1 atom stereocenters. The van der Waals surface area contributed by atoms with Crippen LogP contribution < -0.4 is 0 Å². The van der Waals surface area contributed by atoms with Crippen LogP contribution in [0.2, 0.25) is 0 Å². The van der Waals surface area contributed by atoms with Crippen molar-refractivity contribution in [1.29, 1.82) is 0 Å². The van der Waals surface area contributed by atoms with Gasteiger partial charge < -0.3 is 0 Å². The topological polar surface area (TPSA) is 85.3 Å². The lowest BCUT2D eigenvalue weighted by molar-refractivity contribution is -0.119. The van der Waals surface area contributed by atoms with E-state index in [1.54, 1.807) is 36.4 Å². The van der Waals surface area contributed by atoms with E-state index in [-0.39, 0.29) is 27.5 Å². The van der Waals surface area contributed by atoms with Crippen LogP contribution in [0, 0.1) is 0 Å². The Morgan fingerprint density at radius 1 is 0.846 bits per heavy atom. The van der Waals surface area contributed by atoms with Crippen LogP contribution >= 0.6 is 0 Å². The fraction of sp³-hybridized carbons (Fsp3) is 0.211. The summed E-state index contributed by atoms with van der Waals surface area (Å²) in [4.78, 5) is 12.5. The van der Waals surface area contributed by atoms with E-state index in [0.29, 0.717) is 0 Å². The standard InChI is InChI=1S/C19H18O5S2/c1-15(20)19(26(23,24)17-10-6-3-7-11-17)13-12-18(14-19)25(21,22)16-8-4-2-5-9-16/h2-12H,13-14H2,1H3. The summed E-state index contributed by atoms with van der Waals surface area (Å²) in [7, 11) is -7.88. The predicted molar refractivity (Wildman–Crippen MR) is 98.0 cm³/mol. The molecular formula is C19H18O5S2. The third kappa shape index (κ3) is 2.81. The first-order valence-electron chi connectivity index (χ1n) is 8.02. The molecule has 1 aliphatic rings. The molecular weight excluding hydrogens is 372 g/mol. The molecule has 136 valence electrons. The van der Waals surface area contributed by atoms with E-state index in [0.717, 1.165) is 0 Å². The smallest absolute Gasteiger partial charge is 0.202 e. The van der Waals surface area contributed by atoms with Crippen molar-refractivity contribution in [2.75, 3.05) is 0 Å². The van der Waals surface area contributed by atoms with Crippen LogP contribution in [0.4, 0.5) is 0 Å². The van der Waals surface area contributed by atoms with Gasteiger partial charge in [-0.1, -0.05) is 42.5 Å². The third-order valence-corrected chi connectivity index (χ3v) is 9.14. The minimum absolute atomic E-state index is 0.0157. The summed E-state index contributed by atoms with van der Waals surface area (Å²) in [6.07, 6.45) is 0.863. The van der Waals surface area contributed by atoms with Gasteiger partial charge in [0.2, 0.25) is 9.84 Å². The number of benzene rings is 2. The van der Waals surface area contributed by atoms with E-state index in [1.165, 1.54) is 37.3 Å². The molecule has 2 aromatic rings. The molecule has 0 saturated carbocycles. The second-order valence-corrected chi connectivity index (χ2v) is 10.5. The lowest BCUT2D eigenvalue weighted by Crippen LogP contribution is -2.43. The monoisotopic (exact) mass is 390 g/mol. The van der Waals surface area contributed by atoms with Gasteiger partial charge in [0.15, 0.2) is 15.6 Å². The number of hydrogen-bond donors (Lipinski definition) is 0. The minimum atomic E-state index is -4.04. The molecule has 0 saturated heterocycles. The summed E-state index contributed by atoms with van der Waals surface area (Å²) in [5.41, 5.74) is 0. The van der Waals surface area contributed by atoms with Gasteiger partial charge in [-0.15, -0.1) is 0 Å². The zero-order chi connectivity index (χ0) is 19.0. The minimum Gasteiger partial charge on any atom is -0.298 e. The van der Waals surface area contributed by atoms with Gasteiger partial charge in [-0.05, 0) is 37.6 Å². The Bertz CT molecular complexity index is 1070. The molecule has 0 amide bonds. The van der Waals surface area contributed by atoms with Crippen LogP contribution in [0.1, 0.15) is 19.8 Å². The Morgan fingerprint density at radius 3 is 1.85 bits per heavy atom. The van der Waals surface area contributed by atoms with Crippen molar-refractivity contribution in [3.63, 3.8) is 0 Å². The largest absolute Gasteiger partial charge is 0.298 e. The summed E-state index contributed by atoms with van der Waals surface area (Å²) in [5, 5.41) is 0. The van der Waals surface area contributed by atoms with Crippen LogP contribution in [-0.4, -0.2) is 27.4 Å². The SMILES string of the molecule is CC(=O)C1(S(=O)(=O)c2ccccc2)CC=C(S(=O)(=O)c2ccccc2)C1. The van der Waals surface area contributed by atoms with Gasteiger partial charge in [0.25, 0.3) is 0 Å². The molecule has 5 nitrogen and oxygen atoms in total. The number of carbonyl (C=O) groups excluding carboxylic acids is 1. The van der Waals surface area contributed by atoms with Crippen molar-refractivity contribution in [3.05, 3.63) is 71.6 Å². The van der Waals surface area contributed by atoms with E-state index in [2.05, 4.69) is 0 Å². The van der Waals surface area contributed by atoms with Crippen molar-refractivity contribution in [1.82, 2.24) is 0 Å². The maximum absolute atomic E-state index is 13.2. The van der Waals surface area contributed by atoms with Crippen LogP contribution in [0.5, 0.6) is 0 Å². The first-order chi connectivity index (χ1) is 12.2. The molecule has 3 rings (SSSR count). The molecule has 0 aromatic heterocycles. The number of hydrogen-bond acceptors (Lipinski definition) is 5. The predicted octanol–water partition coefficient (Wildman–Crippen LogP) is 2.94. The van der Waals surface area contributed by atoms with Crippen molar-refractivity contribution < 1.29 is 21.6 Å². The molecule has 2 aromatic carbocycles. The van der Waals surface area contributed by atoms with Gasteiger partial charge >= 0.3 is 0 Å². The fourth-order valence-corrected chi connectivity index (χ4v) is 6.79. The molecule has 0 bridgehead atoms. The molecule has 7 heteroatoms. The molecule has 26 heavy (non-hydrogen) atoms. The van der Waals surface area contributed by atoms with Crippen LogP contribution in [0.15, 0.2) is 81.4 Å². The average molecular weight is 390 g/mol. The number of carbonyl (C=O) groups is 1. The first kappa shape index (κ1) is 18.5. The highest BCUT2D eigenvalue weighted by atomic mass is 32.2. The van der Waals surface area contributed by atoms with E-state index in [4.69, 9.17) is 0 Å². The van der Waals surface area contributed by atoms with Gasteiger partial charge in [0.05, 0.1) is 9.79 Å². The lowest BCUT2D eigenvalue weighted by atomic mass is 10.0. The molecule has 0 aliphatic heterocycles. The van der Waals surface area contributed by atoms with Gasteiger partial charge in [-0.2, -0.15) is 0 Å². The third-order valence-electron chi connectivity index (χ3n) is 4.73. The Hall–Kier alpha value is -2.25. The summed E-state index contributed by atoms with van der Waals surface area (Å²) < 4.78 is 50.2. The van der Waals surface area contributed by atoms with Crippen LogP contribution in [0.25, 0.3) is 0 Å². The summed E-state index contributed by atoms with van der Waals surface area (Å²) in [6.45, 7) is 1.20. The number of rotatable bonds is 5. The summed E-state index contributed by atoms with van der Waals surface area (Å²) >= 11 is 0. The average Bonchev–Trinajstić information content (AvgIpc) is 3.11. The van der Waals surface area contributed by atoms with E-state index in [9.17, 15) is 21.6 Å². The zero-order valence-corrected chi connectivity index (χ0v) is 15.8. The maximum atomic E-state index is 13.2.